The maximum absolute atomic E-state index is 12.7. The van der Waals surface area contributed by atoms with Crippen LogP contribution >= 0.6 is 0 Å². The second-order valence-corrected chi connectivity index (χ2v) is 8.89. The van der Waals surface area contributed by atoms with Crippen molar-refractivity contribution in [3.05, 3.63) is 42.0 Å². The highest BCUT2D eigenvalue weighted by atomic mass is 16.5. The van der Waals surface area contributed by atoms with E-state index in [1.807, 2.05) is 19.1 Å². The maximum Gasteiger partial charge on any atom is 0.407 e. The summed E-state index contributed by atoms with van der Waals surface area (Å²) in [5.41, 5.74) is 4.83. The molecule has 0 radical (unpaired) electrons. The Bertz CT molecular complexity index is 1390. The van der Waals surface area contributed by atoms with E-state index in [1.165, 1.54) is 0 Å². The van der Waals surface area contributed by atoms with E-state index in [9.17, 15) is 9.59 Å². The van der Waals surface area contributed by atoms with Crippen LogP contribution in [0.2, 0.25) is 0 Å². The van der Waals surface area contributed by atoms with Gasteiger partial charge in [0.05, 0.1) is 36.4 Å². The smallest absolute Gasteiger partial charge is 0.407 e. The first-order valence-corrected chi connectivity index (χ1v) is 12.6. The molecular weight excluding hydrogens is 474 g/mol. The summed E-state index contributed by atoms with van der Waals surface area (Å²) in [7, 11) is 0. The molecule has 37 heavy (non-hydrogen) atoms. The zero-order valence-electron chi connectivity index (χ0n) is 20.8. The number of H-pyrrole nitrogens is 2. The summed E-state index contributed by atoms with van der Waals surface area (Å²) in [6.45, 7) is 6.16. The second-order valence-electron chi connectivity index (χ2n) is 8.89. The lowest BCUT2D eigenvalue weighted by Crippen LogP contribution is -2.36. The molecule has 3 heterocycles. The third kappa shape index (κ3) is 5.67. The first-order chi connectivity index (χ1) is 18.1. The summed E-state index contributed by atoms with van der Waals surface area (Å²) in [6.07, 6.45) is 1.31. The fourth-order valence-corrected chi connectivity index (χ4v) is 4.27. The maximum atomic E-state index is 12.7. The van der Waals surface area contributed by atoms with Crippen molar-refractivity contribution in [3.63, 3.8) is 0 Å². The van der Waals surface area contributed by atoms with Crippen molar-refractivity contribution in [1.29, 1.82) is 0 Å². The molecule has 2 aromatic carbocycles. The second kappa shape index (κ2) is 11.3. The standard InChI is InChI=1S/C26H31N7O4/c1-2-3-12-37-26(35)28-9-8-27-25(34)17-4-6-20-19(15-17)23(32-31-20)24-29-21-7-5-18(16-22(21)30-24)33-10-13-36-14-11-33/h4-7,15-16H,2-3,8-14H2,1H3,(H,27,34)(H,28,35)(H,29,30)(H,31,32). The van der Waals surface area contributed by atoms with E-state index in [1.54, 1.807) is 12.1 Å². The average Bonchev–Trinajstić information content (AvgIpc) is 3.54. The number of ether oxygens (including phenoxy) is 2. The molecule has 0 saturated carbocycles. The van der Waals surface area contributed by atoms with Gasteiger partial charge in [0.25, 0.3) is 5.91 Å². The summed E-state index contributed by atoms with van der Waals surface area (Å²) in [5, 5.41) is 13.7. The van der Waals surface area contributed by atoms with Crippen LogP contribution in [0.25, 0.3) is 33.5 Å². The number of nitrogens with zero attached hydrogens (tertiary/aromatic N) is 3. The van der Waals surface area contributed by atoms with Gasteiger partial charge in [0.15, 0.2) is 5.82 Å². The van der Waals surface area contributed by atoms with Crippen LogP contribution in [0.3, 0.4) is 0 Å². The number of benzene rings is 2. The van der Waals surface area contributed by atoms with Crippen molar-refractivity contribution in [2.45, 2.75) is 19.8 Å². The number of carbonyl (C=O) groups excluding carboxylic acids is 2. The van der Waals surface area contributed by atoms with Crippen molar-refractivity contribution in [2.75, 3.05) is 50.9 Å². The van der Waals surface area contributed by atoms with Gasteiger partial charge in [-0.15, -0.1) is 0 Å². The first kappa shape index (κ1) is 24.6. The molecule has 0 atom stereocenters. The lowest BCUT2D eigenvalue weighted by Gasteiger charge is -2.28. The van der Waals surface area contributed by atoms with Gasteiger partial charge >= 0.3 is 6.09 Å². The molecular formula is C26H31N7O4. The Morgan fingerprint density at radius 2 is 1.92 bits per heavy atom. The fourth-order valence-electron chi connectivity index (χ4n) is 4.27. The van der Waals surface area contributed by atoms with Gasteiger partial charge in [-0.05, 0) is 42.8 Å². The minimum atomic E-state index is -0.477. The van der Waals surface area contributed by atoms with Crippen LogP contribution in [0.1, 0.15) is 30.1 Å². The van der Waals surface area contributed by atoms with E-state index in [2.05, 4.69) is 42.8 Å². The number of nitrogens with one attached hydrogen (secondary N) is 4. The fraction of sp³-hybridized carbons (Fsp3) is 0.385. The number of anilines is 1. The monoisotopic (exact) mass is 505 g/mol. The predicted octanol–water partition coefficient (Wildman–Crippen LogP) is 3.20. The van der Waals surface area contributed by atoms with Crippen LogP contribution in [0.4, 0.5) is 10.5 Å². The van der Waals surface area contributed by atoms with E-state index in [0.717, 1.165) is 66.8 Å². The molecule has 4 aromatic rings. The third-order valence-corrected chi connectivity index (χ3v) is 6.30. The zero-order valence-corrected chi connectivity index (χ0v) is 20.8. The number of aromatic nitrogens is 4. The average molecular weight is 506 g/mol. The minimum Gasteiger partial charge on any atom is -0.450 e. The van der Waals surface area contributed by atoms with Gasteiger partial charge in [0.2, 0.25) is 0 Å². The van der Waals surface area contributed by atoms with Crippen LogP contribution in [-0.2, 0) is 9.47 Å². The van der Waals surface area contributed by atoms with E-state index in [0.29, 0.717) is 23.7 Å². The summed E-state index contributed by atoms with van der Waals surface area (Å²) in [6, 6.07) is 11.5. The van der Waals surface area contributed by atoms with E-state index >= 15 is 0 Å². The number of rotatable bonds is 9. The van der Waals surface area contributed by atoms with Gasteiger partial charge in [-0.1, -0.05) is 13.3 Å². The van der Waals surface area contributed by atoms with Crippen molar-refractivity contribution in [3.8, 4) is 11.5 Å². The molecule has 1 fully saturated rings. The number of fused-ring (bicyclic) bond motifs is 2. The quantitative estimate of drug-likeness (QED) is 0.256. The highest BCUT2D eigenvalue weighted by Crippen LogP contribution is 2.29. The van der Waals surface area contributed by atoms with Gasteiger partial charge in [0.1, 0.15) is 5.69 Å². The molecule has 5 rings (SSSR count). The Morgan fingerprint density at radius 3 is 2.76 bits per heavy atom. The number of alkyl carbamates (subject to hydrolysis) is 1. The predicted molar refractivity (Wildman–Crippen MR) is 141 cm³/mol. The van der Waals surface area contributed by atoms with Gasteiger partial charge in [-0.25, -0.2) is 9.78 Å². The van der Waals surface area contributed by atoms with E-state index in [-0.39, 0.29) is 19.0 Å². The largest absolute Gasteiger partial charge is 0.450 e. The minimum absolute atomic E-state index is 0.241. The topological polar surface area (TPSA) is 137 Å². The number of amides is 2. The number of hydrogen-bond donors (Lipinski definition) is 4. The molecule has 0 aliphatic carbocycles. The Kier molecular flexibility index (Phi) is 7.50. The van der Waals surface area contributed by atoms with Crippen molar-refractivity contribution in [1.82, 2.24) is 30.8 Å². The Morgan fingerprint density at radius 1 is 1.08 bits per heavy atom. The molecule has 0 unspecified atom stereocenters. The van der Waals surface area contributed by atoms with Crippen LogP contribution in [-0.4, -0.2) is 78.2 Å². The van der Waals surface area contributed by atoms with Gasteiger partial charge < -0.3 is 30.0 Å². The summed E-state index contributed by atoms with van der Waals surface area (Å²) < 4.78 is 10.5. The molecule has 11 nitrogen and oxygen atoms in total. The third-order valence-electron chi connectivity index (χ3n) is 6.30. The summed E-state index contributed by atoms with van der Waals surface area (Å²) >= 11 is 0. The highest BCUT2D eigenvalue weighted by Gasteiger charge is 2.17. The van der Waals surface area contributed by atoms with Gasteiger partial charge in [0, 0.05) is 42.8 Å². The number of aromatic amines is 2. The summed E-state index contributed by atoms with van der Waals surface area (Å²) in [4.78, 5) is 34.7. The van der Waals surface area contributed by atoms with Crippen LogP contribution in [0, 0.1) is 0 Å². The number of morpholine rings is 1. The molecule has 2 aromatic heterocycles. The number of hydrogen-bond acceptors (Lipinski definition) is 7. The number of unbranched alkanes of at least 4 members (excludes halogenated alkanes) is 1. The van der Waals surface area contributed by atoms with E-state index in [4.69, 9.17) is 14.5 Å². The SMILES string of the molecule is CCCCOC(=O)NCCNC(=O)c1ccc2[nH]nc(-c3nc4ccc(N5CCOCC5)cc4[nH]3)c2c1. The molecule has 4 N–H and O–H groups in total. The Hall–Kier alpha value is -4.12. The molecule has 1 aliphatic heterocycles. The van der Waals surface area contributed by atoms with E-state index < -0.39 is 6.09 Å². The molecule has 11 heteroatoms. The normalized spacial score (nSPS) is 13.7. The lowest BCUT2D eigenvalue weighted by molar-refractivity contribution is 0.0952. The van der Waals surface area contributed by atoms with Crippen LogP contribution in [0.15, 0.2) is 36.4 Å². The molecule has 1 saturated heterocycles. The van der Waals surface area contributed by atoms with Gasteiger partial charge in [-0.2, -0.15) is 5.10 Å². The van der Waals surface area contributed by atoms with Gasteiger partial charge in [-0.3, -0.25) is 9.89 Å². The van der Waals surface area contributed by atoms with Crippen molar-refractivity contribution < 1.29 is 19.1 Å². The van der Waals surface area contributed by atoms with Crippen molar-refractivity contribution >= 4 is 39.6 Å². The summed E-state index contributed by atoms with van der Waals surface area (Å²) in [5.74, 6) is 0.388. The number of imidazole rings is 1. The Labute approximate surface area is 213 Å². The van der Waals surface area contributed by atoms with Crippen LogP contribution < -0.4 is 15.5 Å². The molecule has 194 valence electrons. The molecule has 1 aliphatic rings. The number of carbonyl (C=O) groups is 2. The molecule has 0 bridgehead atoms. The lowest BCUT2D eigenvalue weighted by atomic mass is 10.1. The van der Waals surface area contributed by atoms with Crippen LogP contribution in [0.5, 0.6) is 0 Å². The Balaban J connectivity index is 1.27. The molecule has 2 amide bonds. The highest BCUT2D eigenvalue weighted by molar-refractivity contribution is 6.01. The van der Waals surface area contributed by atoms with Crippen molar-refractivity contribution in [2.24, 2.45) is 0 Å². The molecule has 0 spiro atoms. The first-order valence-electron chi connectivity index (χ1n) is 12.6. The zero-order chi connectivity index (χ0) is 25.6.